The molecule has 1 aliphatic heterocycles. The van der Waals surface area contributed by atoms with Crippen molar-refractivity contribution in [1.82, 2.24) is 0 Å². The summed E-state index contributed by atoms with van der Waals surface area (Å²) in [5.41, 5.74) is 0.413. The van der Waals surface area contributed by atoms with Crippen LogP contribution >= 0.6 is 0 Å². The monoisotopic (exact) mass is 374 g/mol. The average molecular weight is 375 g/mol. The minimum Gasteiger partial charge on any atom is -0.466 e. The number of hydrogen-bond donors (Lipinski definition) is 0. The Hall–Kier alpha value is -0.900. The van der Waals surface area contributed by atoms with E-state index in [2.05, 4.69) is 6.92 Å². The fraction of sp³-hybridized carbons (Fsp3) is 0.913. The highest BCUT2D eigenvalue weighted by atomic mass is 16.6. The number of Topliss-reactive ketones (excluding diaryl/α,β-unsaturated/α-hetero) is 1. The first-order valence-electron chi connectivity index (χ1n) is 11.4. The highest BCUT2D eigenvalue weighted by Gasteiger charge is 2.71. The van der Waals surface area contributed by atoms with E-state index in [1.807, 2.05) is 0 Å². The lowest BCUT2D eigenvalue weighted by atomic mass is 9.48. The van der Waals surface area contributed by atoms with Crippen LogP contribution in [0.25, 0.3) is 0 Å². The number of ether oxygens (including phenoxy) is 2. The summed E-state index contributed by atoms with van der Waals surface area (Å²) in [7, 11) is 0. The third kappa shape index (κ3) is 2.51. The molecule has 0 aromatic heterocycles. The number of ketones is 1. The molecule has 4 saturated carbocycles. The molecule has 0 amide bonds. The number of rotatable bonds is 4. The first-order chi connectivity index (χ1) is 13.0. The minimum absolute atomic E-state index is 0.0456. The van der Waals surface area contributed by atoms with E-state index in [1.165, 1.54) is 45.4 Å². The molecular formula is C23H34O4. The van der Waals surface area contributed by atoms with Crippen LogP contribution < -0.4 is 0 Å². The van der Waals surface area contributed by atoms with Crippen molar-refractivity contribution in [2.45, 2.75) is 89.8 Å². The third-order valence-electron chi connectivity index (χ3n) is 9.55. The molecule has 5 fully saturated rings. The Bertz CT molecular complexity index is 644. The minimum atomic E-state index is -0.151. The van der Waals surface area contributed by atoms with E-state index in [-0.39, 0.29) is 17.7 Å². The molecule has 2 unspecified atom stereocenters. The molecule has 5 aliphatic rings. The Morgan fingerprint density at radius 1 is 1.11 bits per heavy atom. The van der Waals surface area contributed by atoms with Gasteiger partial charge in [0, 0.05) is 13.3 Å². The Kier molecular flexibility index (Phi) is 4.24. The van der Waals surface area contributed by atoms with Gasteiger partial charge in [0.1, 0.15) is 11.7 Å². The zero-order valence-electron chi connectivity index (χ0n) is 16.9. The highest BCUT2D eigenvalue weighted by molar-refractivity contribution is 5.88. The molecule has 0 radical (unpaired) electrons. The number of hydrogen-bond acceptors (Lipinski definition) is 4. The number of fused-ring (bicyclic) bond motifs is 4. The summed E-state index contributed by atoms with van der Waals surface area (Å²) < 4.78 is 11.4. The van der Waals surface area contributed by atoms with E-state index in [0.29, 0.717) is 29.6 Å². The van der Waals surface area contributed by atoms with Crippen LogP contribution in [0, 0.1) is 35.0 Å². The van der Waals surface area contributed by atoms with Crippen LogP contribution in [0.5, 0.6) is 0 Å². The standard InChI is InChI=1S/C23H34O4/c1-3-22-11-8-17-16(18(22)5-4-15(22)10-13-26-14(2)24)9-12-23-19(17)6-7-20(25)21(23)27-23/h15-19,21H,3-13H2,1-2H3/t15-,16+,17-,18-,19+,21?,22+,23?/m0/s1. The molecule has 0 bridgehead atoms. The quantitative estimate of drug-likeness (QED) is 0.544. The van der Waals surface area contributed by atoms with E-state index >= 15 is 0 Å². The molecule has 4 aliphatic carbocycles. The fourth-order valence-corrected chi connectivity index (χ4v) is 8.48. The predicted molar refractivity (Wildman–Crippen MR) is 101 cm³/mol. The summed E-state index contributed by atoms with van der Waals surface area (Å²) in [4.78, 5) is 23.3. The Morgan fingerprint density at radius 3 is 2.67 bits per heavy atom. The topological polar surface area (TPSA) is 55.9 Å². The molecule has 5 rings (SSSR count). The van der Waals surface area contributed by atoms with Crippen molar-refractivity contribution >= 4 is 11.8 Å². The van der Waals surface area contributed by atoms with Gasteiger partial charge in [-0.05, 0) is 92.8 Å². The lowest BCUT2D eigenvalue weighted by Gasteiger charge is -2.56. The summed E-state index contributed by atoms with van der Waals surface area (Å²) in [5.74, 6) is 3.99. The molecule has 150 valence electrons. The number of esters is 1. The number of epoxide rings is 1. The molecular weight excluding hydrogens is 340 g/mol. The zero-order valence-corrected chi connectivity index (χ0v) is 16.9. The van der Waals surface area contributed by atoms with Gasteiger partial charge in [-0.25, -0.2) is 0 Å². The van der Waals surface area contributed by atoms with Crippen LogP contribution in [0.3, 0.4) is 0 Å². The summed E-state index contributed by atoms with van der Waals surface area (Å²) in [6.07, 6.45) is 11.7. The first-order valence-corrected chi connectivity index (χ1v) is 11.4. The predicted octanol–water partition coefficient (Wildman–Crippen LogP) is 4.30. The van der Waals surface area contributed by atoms with Crippen LogP contribution in [0.4, 0.5) is 0 Å². The SMILES string of the molecule is CC[C@]12CC[C@H]3[C@@H](CCC45OC4C(=O)CC[C@H]35)[C@@H]1CC[C@H]2CCOC(C)=O. The Labute approximate surface area is 162 Å². The van der Waals surface area contributed by atoms with E-state index in [0.717, 1.165) is 43.4 Å². The molecule has 4 heteroatoms. The van der Waals surface area contributed by atoms with Crippen LogP contribution in [0.2, 0.25) is 0 Å². The molecule has 0 aromatic rings. The second-order valence-corrected chi connectivity index (χ2v) is 10.1. The van der Waals surface area contributed by atoms with Crippen LogP contribution in [-0.2, 0) is 19.1 Å². The fourth-order valence-electron chi connectivity index (χ4n) is 8.48. The largest absolute Gasteiger partial charge is 0.466 e. The smallest absolute Gasteiger partial charge is 0.302 e. The number of carbonyl (C=O) groups excluding carboxylic acids is 2. The van der Waals surface area contributed by atoms with Gasteiger partial charge >= 0.3 is 5.97 Å². The van der Waals surface area contributed by atoms with Gasteiger partial charge in [0.15, 0.2) is 5.78 Å². The van der Waals surface area contributed by atoms with Gasteiger partial charge in [-0.15, -0.1) is 0 Å². The van der Waals surface area contributed by atoms with Crippen molar-refractivity contribution in [3.63, 3.8) is 0 Å². The van der Waals surface area contributed by atoms with Crippen molar-refractivity contribution in [2.24, 2.45) is 35.0 Å². The molecule has 0 N–H and O–H groups in total. The van der Waals surface area contributed by atoms with Gasteiger partial charge in [0.25, 0.3) is 0 Å². The van der Waals surface area contributed by atoms with E-state index < -0.39 is 0 Å². The zero-order chi connectivity index (χ0) is 18.8. The molecule has 8 atom stereocenters. The van der Waals surface area contributed by atoms with E-state index in [9.17, 15) is 9.59 Å². The van der Waals surface area contributed by atoms with E-state index in [1.54, 1.807) is 0 Å². The van der Waals surface area contributed by atoms with Gasteiger partial charge < -0.3 is 9.47 Å². The van der Waals surface area contributed by atoms with Crippen molar-refractivity contribution in [3.8, 4) is 0 Å². The normalized spacial score (nSPS) is 50.2. The van der Waals surface area contributed by atoms with E-state index in [4.69, 9.17) is 9.47 Å². The van der Waals surface area contributed by atoms with Gasteiger partial charge in [-0.1, -0.05) is 6.92 Å². The molecule has 1 saturated heterocycles. The maximum Gasteiger partial charge on any atom is 0.302 e. The average Bonchev–Trinajstić information content (AvgIpc) is 3.28. The van der Waals surface area contributed by atoms with Crippen LogP contribution in [-0.4, -0.2) is 30.1 Å². The van der Waals surface area contributed by atoms with Crippen molar-refractivity contribution in [2.75, 3.05) is 6.61 Å². The molecule has 1 spiro atoms. The summed E-state index contributed by atoms with van der Waals surface area (Å²) in [6.45, 7) is 4.49. The number of carbonyl (C=O) groups is 2. The molecule has 0 aromatic carbocycles. The third-order valence-corrected chi connectivity index (χ3v) is 9.55. The van der Waals surface area contributed by atoms with Gasteiger partial charge in [-0.3, -0.25) is 9.59 Å². The lowest BCUT2D eigenvalue weighted by Crippen LogP contribution is -2.52. The maximum absolute atomic E-state index is 12.2. The second kappa shape index (κ2) is 6.30. The summed E-state index contributed by atoms with van der Waals surface area (Å²) >= 11 is 0. The first kappa shape index (κ1) is 18.1. The summed E-state index contributed by atoms with van der Waals surface area (Å²) in [5, 5.41) is 0. The molecule has 4 nitrogen and oxygen atoms in total. The molecule has 1 heterocycles. The van der Waals surface area contributed by atoms with Crippen LogP contribution in [0.15, 0.2) is 0 Å². The summed E-state index contributed by atoms with van der Waals surface area (Å²) in [6, 6.07) is 0. The van der Waals surface area contributed by atoms with Gasteiger partial charge in [-0.2, -0.15) is 0 Å². The molecule has 27 heavy (non-hydrogen) atoms. The second-order valence-electron chi connectivity index (χ2n) is 10.1. The van der Waals surface area contributed by atoms with Crippen LogP contribution in [0.1, 0.15) is 78.1 Å². The van der Waals surface area contributed by atoms with Gasteiger partial charge in [0.05, 0.1) is 6.61 Å². The lowest BCUT2D eigenvalue weighted by molar-refractivity contribution is -0.142. The van der Waals surface area contributed by atoms with Crippen molar-refractivity contribution < 1.29 is 19.1 Å². The maximum atomic E-state index is 12.2. The van der Waals surface area contributed by atoms with Crippen molar-refractivity contribution in [1.29, 1.82) is 0 Å². The van der Waals surface area contributed by atoms with Crippen molar-refractivity contribution in [3.05, 3.63) is 0 Å². The van der Waals surface area contributed by atoms with Gasteiger partial charge in [0.2, 0.25) is 0 Å². The highest BCUT2D eigenvalue weighted by Crippen LogP contribution is 2.69. The Morgan fingerprint density at radius 2 is 1.89 bits per heavy atom. The Balaban J connectivity index is 1.34.